The molecule has 1 amide bonds. The standard InChI is InChI=1S/C24H27N3O2/c1-15(2)13-17-6-8-18(9-7-17)16(3)25-23(28)19-10-11-20-21(14-19)26-22-5-4-12-27(22)24(20)29/h6-11,14-16H,4-5,12-13H2,1-3H3,(H,25,28)/t16-/m0/s1. The number of hydrogen-bond acceptors (Lipinski definition) is 3. The Morgan fingerprint density at radius 2 is 1.90 bits per heavy atom. The average molecular weight is 389 g/mol. The fourth-order valence-corrected chi connectivity index (χ4v) is 4.00. The molecule has 2 aromatic carbocycles. The monoisotopic (exact) mass is 389 g/mol. The van der Waals surface area contributed by atoms with Gasteiger partial charge in [-0.15, -0.1) is 0 Å². The van der Waals surface area contributed by atoms with Gasteiger partial charge in [0, 0.05) is 18.5 Å². The summed E-state index contributed by atoms with van der Waals surface area (Å²) in [5, 5.41) is 3.62. The van der Waals surface area contributed by atoms with Gasteiger partial charge in [0.1, 0.15) is 5.82 Å². The Bertz CT molecular complexity index is 1110. The van der Waals surface area contributed by atoms with Gasteiger partial charge in [0.05, 0.1) is 16.9 Å². The molecule has 0 bridgehead atoms. The molecule has 150 valence electrons. The Labute approximate surface area is 170 Å². The number of rotatable bonds is 5. The maximum absolute atomic E-state index is 12.8. The van der Waals surface area contributed by atoms with Gasteiger partial charge in [-0.2, -0.15) is 0 Å². The van der Waals surface area contributed by atoms with Crippen LogP contribution in [0.4, 0.5) is 0 Å². The maximum atomic E-state index is 12.8. The number of aromatic nitrogens is 2. The summed E-state index contributed by atoms with van der Waals surface area (Å²) in [7, 11) is 0. The fraction of sp³-hybridized carbons (Fsp3) is 0.375. The van der Waals surface area contributed by atoms with Gasteiger partial charge in [-0.25, -0.2) is 4.98 Å². The molecular formula is C24H27N3O2. The predicted octanol–water partition coefficient (Wildman–Crippen LogP) is 4.03. The molecule has 1 aromatic heterocycles. The van der Waals surface area contributed by atoms with Gasteiger partial charge in [0.2, 0.25) is 0 Å². The molecule has 4 rings (SSSR count). The van der Waals surface area contributed by atoms with Crippen LogP contribution in [0.15, 0.2) is 47.3 Å². The normalized spacial score (nSPS) is 14.2. The molecule has 2 heterocycles. The molecule has 0 saturated carbocycles. The van der Waals surface area contributed by atoms with Crippen molar-refractivity contribution < 1.29 is 4.79 Å². The van der Waals surface area contributed by atoms with Crippen LogP contribution < -0.4 is 10.9 Å². The molecular weight excluding hydrogens is 362 g/mol. The van der Waals surface area contributed by atoms with Crippen molar-refractivity contribution in [3.63, 3.8) is 0 Å². The lowest BCUT2D eigenvalue weighted by Crippen LogP contribution is -2.27. The molecule has 0 saturated heterocycles. The lowest BCUT2D eigenvalue weighted by molar-refractivity contribution is 0.0940. The number of aryl methyl sites for hydroxylation is 1. The summed E-state index contributed by atoms with van der Waals surface area (Å²) >= 11 is 0. The Morgan fingerprint density at radius 1 is 1.14 bits per heavy atom. The van der Waals surface area contributed by atoms with E-state index in [0.29, 0.717) is 22.4 Å². The average Bonchev–Trinajstić information content (AvgIpc) is 3.16. The molecule has 1 aliphatic rings. The first-order chi connectivity index (χ1) is 13.9. The molecule has 1 aliphatic heterocycles. The second-order valence-corrected chi connectivity index (χ2v) is 8.36. The highest BCUT2D eigenvalue weighted by Crippen LogP contribution is 2.19. The highest BCUT2D eigenvalue weighted by Gasteiger charge is 2.18. The van der Waals surface area contributed by atoms with Crippen molar-refractivity contribution >= 4 is 16.8 Å². The Hall–Kier alpha value is -2.95. The van der Waals surface area contributed by atoms with Crippen LogP contribution in [0, 0.1) is 5.92 Å². The molecule has 1 atom stereocenters. The van der Waals surface area contributed by atoms with Gasteiger partial charge < -0.3 is 5.32 Å². The molecule has 0 unspecified atom stereocenters. The van der Waals surface area contributed by atoms with Crippen molar-refractivity contribution in [2.24, 2.45) is 5.92 Å². The number of fused-ring (bicyclic) bond motifs is 2. The van der Waals surface area contributed by atoms with Crippen molar-refractivity contribution in [2.45, 2.75) is 52.6 Å². The van der Waals surface area contributed by atoms with Gasteiger partial charge in [0.15, 0.2) is 0 Å². The van der Waals surface area contributed by atoms with Crippen molar-refractivity contribution in [3.8, 4) is 0 Å². The largest absolute Gasteiger partial charge is 0.346 e. The molecule has 0 spiro atoms. The molecule has 0 radical (unpaired) electrons. The van der Waals surface area contributed by atoms with E-state index in [1.165, 1.54) is 5.56 Å². The molecule has 1 N–H and O–H groups in total. The van der Waals surface area contributed by atoms with E-state index >= 15 is 0 Å². The van der Waals surface area contributed by atoms with Crippen LogP contribution in [0.25, 0.3) is 10.9 Å². The second kappa shape index (κ2) is 7.82. The summed E-state index contributed by atoms with van der Waals surface area (Å²) in [6.07, 6.45) is 2.81. The maximum Gasteiger partial charge on any atom is 0.261 e. The molecule has 0 aliphatic carbocycles. The first-order valence-electron chi connectivity index (χ1n) is 10.4. The van der Waals surface area contributed by atoms with E-state index in [0.717, 1.165) is 37.2 Å². The van der Waals surface area contributed by atoms with Gasteiger partial charge in [-0.1, -0.05) is 38.1 Å². The SMILES string of the molecule is CC(C)Cc1ccc([C@H](C)NC(=O)c2ccc3c(=O)n4c(nc3c2)CCC4)cc1. The van der Waals surface area contributed by atoms with E-state index in [1.54, 1.807) is 22.8 Å². The number of nitrogens with zero attached hydrogens (tertiary/aromatic N) is 2. The van der Waals surface area contributed by atoms with Crippen LogP contribution in [0.1, 0.15) is 60.5 Å². The summed E-state index contributed by atoms with van der Waals surface area (Å²) in [5.41, 5.74) is 3.49. The van der Waals surface area contributed by atoms with Crippen LogP contribution in [-0.4, -0.2) is 15.5 Å². The Balaban J connectivity index is 1.53. The van der Waals surface area contributed by atoms with E-state index in [9.17, 15) is 9.59 Å². The first-order valence-corrected chi connectivity index (χ1v) is 10.4. The van der Waals surface area contributed by atoms with E-state index in [-0.39, 0.29) is 17.5 Å². The Kier molecular flexibility index (Phi) is 5.22. The van der Waals surface area contributed by atoms with Gasteiger partial charge in [0.25, 0.3) is 11.5 Å². The third-order valence-corrected chi connectivity index (χ3v) is 5.55. The van der Waals surface area contributed by atoms with E-state index in [1.807, 2.05) is 6.92 Å². The third-order valence-electron chi connectivity index (χ3n) is 5.55. The number of benzene rings is 2. The quantitative estimate of drug-likeness (QED) is 0.716. The number of amides is 1. The van der Waals surface area contributed by atoms with Crippen LogP contribution >= 0.6 is 0 Å². The van der Waals surface area contributed by atoms with Crippen LogP contribution in [0.5, 0.6) is 0 Å². The number of hydrogen-bond donors (Lipinski definition) is 1. The van der Waals surface area contributed by atoms with Crippen molar-refractivity contribution in [2.75, 3.05) is 0 Å². The molecule has 5 heteroatoms. The van der Waals surface area contributed by atoms with E-state index in [2.05, 4.69) is 48.4 Å². The minimum absolute atomic E-state index is 0.00989. The summed E-state index contributed by atoms with van der Waals surface area (Å²) in [6.45, 7) is 7.12. The van der Waals surface area contributed by atoms with Crippen molar-refractivity contribution in [3.05, 3.63) is 75.3 Å². The summed E-state index contributed by atoms with van der Waals surface area (Å²) in [5.74, 6) is 1.27. The zero-order valence-electron chi connectivity index (χ0n) is 17.2. The lowest BCUT2D eigenvalue weighted by Gasteiger charge is -2.15. The highest BCUT2D eigenvalue weighted by atomic mass is 16.1. The molecule has 0 fully saturated rings. The number of carbonyl (C=O) groups excluding carboxylic acids is 1. The number of nitrogens with one attached hydrogen (secondary N) is 1. The van der Waals surface area contributed by atoms with Gasteiger partial charge in [-0.3, -0.25) is 14.2 Å². The lowest BCUT2D eigenvalue weighted by atomic mass is 10.00. The summed E-state index contributed by atoms with van der Waals surface area (Å²) in [6, 6.07) is 13.5. The zero-order chi connectivity index (χ0) is 20.5. The third kappa shape index (κ3) is 3.95. The van der Waals surface area contributed by atoms with Crippen LogP contribution in [0.2, 0.25) is 0 Å². The second-order valence-electron chi connectivity index (χ2n) is 8.36. The van der Waals surface area contributed by atoms with Crippen LogP contribution in [0.3, 0.4) is 0 Å². The van der Waals surface area contributed by atoms with E-state index in [4.69, 9.17) is 0 Å². The first kappa shape index (κ1) is 19.4. The number of carbonyl (C=O) groups is 1. The molecule has 5 nitrogen and oxygen atoms in total. The van der Waals surface area contributed by atoms with Crippen LogP contribution in [-0.2, 0) is 19.4 Å². The van der Waals surface area contributed by atoms with Gasteiger partial charge in [-0.05, 0) is 55.0 Å². The van der Waals surface area contributed by atoms with Crippen molar-refractivity contribution in [1.82, 2.24) is 14.9 Å². The minimum Gasteiger partial charge on any atom is -0.346 e. The summed E-state index contributed by atoms with van der Waals surface area (Å²) < 4.78 is 1.74. The fourth-order valence-electron chi connectivity index (χ4n) is 4.00. The van der Waals surface area contributed by atoms with Crippen molar-refractivity contribution in [1.29, 1.82) is 0 Å². The van der Waals surface area contributed by atoms with E-state index < -0.39 is 0 Å². The molecule has 3 aromatic rings. The predicted molar refractivity (Wildman–Crippen MR) is 115 cm³/mol. The minimum atomic E-state index is -0.159. The highest BCUT2D eigenvalue weighted by molar-refractivity contribution is 5.97. The van der Waals surface area contributed by atoms with Gasteiger partial charge >= 0.3 is 0 Å². The zero-order valence-corrected chi connectivity index (χ0v) is 17.2. The smallest absolute Gasteiger partial charge is 0.261 e. The molecule has 29 heavy (non-hydrogen) atoms. The summed E-state index contributed by atoms with van der Waals surface area (Å²) in [4.78, 5) is 30.0. The topological polar surface area (TPSA) is 64.0 Å². The Morgan fingerprint density at radius 3 is 2.62 bits per heavy atom.